The number of aryl methyl sites for hydroxylation is 2. The third-order valence-corrected chi connectivity index (χ3v) is 7.00. The molecule has 0 aliphatic rings. The molecular formula is C35H47N3O4. The fourth-order valence-corrected chi connectivity index (χ4v) is 5.27. The molecular weight excluding hydrogens is 526 g/mol. The largest absolute Gasteiger partial charge is 0.444 e. The summed E-state index contributed by atoms with van der Waals surface area (Å²) in [6, 6.07) is 17.7. The fourth-order valence-electron chi connectivity index (χ4n) is 5.27. The van der Waals surface area contributed by atoms with Crippen molar-refractivity contribution in [3.05, 3.63) is 77.4 Å². The van der Waals surface area contributed by atoms with Gasteiger partial charge in [-0.05, 0) is 107 Å². The highest BCUT2D eigenvalue weighted by atomic mass is 16.6. The van der Waals surface area contributed by atoms with Crippen molar-refractivity contribution < 1.29 is 19.1 Å². The van der Waals surface area contributed by atoms with Crippen LogP contribution in [-0.2, 0) is 14.3 Å². The third kappa shape index (κ3) is 8.34. The smallest absolute Gasteiger partial charge is 0.408 e. The van der Waals surface area contributed by atoms with Gasteiger partial charge in [0.05, 0.1) is 0 Å². The molecule has 2 atom stereocenters. The molecule has 7 nitrogen and oxygen atoms in total. The summed E-state index contributed by atoms with van der Waals surface area (Å²) in [5.41, 5.74) is 1.70. The number of anilines is 1. The van der Waals surface area contributed by atoms with E-state index in [9.17, 15) is 14.4 Å². The lowest BCUT2D eigenvalue weighted by Crippen LogP contribution is -2.58. The molecule has 3 amide bonds. The van der Waals surface area contributed by atoms with E-state index in [1.165, 1.54) is 0 Å². The molecule has 0 aliphatic heterocycles. The predicted octanol–water partition coefficient (Wildman–Crippen LogP) is 7.70. The maximum Gasteiger partial charge on any atom is 0.408 e. The van der Waals surface area contributed by atoms with E-state index < -0.39 is 29.3 Å². The van der Waals surface area contributed by atoms with Crippen LogP contribution in [0.5, 0.6) is 0 Å². The summed E-state index contributed by atoms with van der Waals surface area (Å²) in [5, 5.41) is 7.99. The van der Waals surface area contributed by atoms with Gasteiger partial charge in [-0.3, -0.25) is 9.59 Å². The van der Waals surface area contributed by atoms with Gasteiger partial charge in [-0.1, -0.05) is 62.4 Å². The van der Waals surface area contributed by atoms with E-state index in [-0.39, 0.29) is 17.7 Å². The fraction of sp³-hybridized carbons (Fsp3) is 0.457. The van der Waals surface area contributed by atoms with Gasteiger partial charge in [0.15, 0.2) is 0 Å². The number of ether oxygens (including phenoxy) is 1. The molecule has 2 N–H and O–H groups in total. The summed E-state index contributed by atoms with van der Waals surface area (Å²) in [4.78, 5) is 43.5. The molecule has 0 aliphatic carbocycles. The number of fused-ring (bicyclic) bond motifs is 1. The van der Waals surface area contributed by atoms with Crippen molar-refractivity contribution in [2.75, 3.05) is 5.32 Å². The summed E-state index contributed by atoms with van der Waals surface area (Å²) in [7, 11) is 0. The lowest BCUT2D eigenvalue weighted by atomic mass is 9.89. The standard InChI is InChI=1S/C35H47N3O4/c1-22(2)20-28(37-33(41)42-35(8,9)10)32(40)38(34(5,6)7)30(29-23(3)14-13-15-24(29)4)31(39)36-27-19-18-25-16-11-12-17-26(25)21-27/h11-19,21-22,28,30H,20H2,1-10H3,(H,36,39)(H,37,41). The van der Waals surface area contributed by atoms with Gasteiger partial charge < -0.3 is 20.3 Å². The maximum atomic E-state index is 14.6. The molecule has 0 heterocycles. The van der Waals surface area contributed by atoms with Crippen LogP contribution in [0.2, 0.25) is 0 Å². The number of carbonyl (C=O) groups is 3. The Morgan fingerprint density at radius 2 is 1.43 bits per heavy atom. The van der Waals surface area contributed by atoms with Crippen LogP contribution in [0.4, 0.5) is 10.5 Å². The zero-order chi connectivity index (χ0) is 31.4. The highest BCUT2D eigenvalue weighted by Crippen LogP contribution is 2.35. The van der Waals surface area contributed by atoms with E-state index in [2.05, 4.69) is 10.6 Å². The molecule has 3 aromatic rings. The van der Waals surface area contributed by atoms with E-state index in [4.69, 9.17) is 4.74 Å². The Bertz CT molecular complexity index is 1410. The van der Waals surface area contributed by atoms with Crippen LogP contribution in [-0.4, -0.2) is 40.0 Å². The minimum Gasteiger partial charge on any atom is -0.444 e. The Hall–Kier alpha value is -3.87. The number of rotatable bonds is 8. The van der Waals surface area contributed by atoms with Crippen LogP contribution in [0.25, 0.3) is 10.8 Å². The second kappa shape index (κ2) is 13.0. The number of hydrogen-bond donors (Lipinski definition) is 2. The van der Waals surface area contributed by atoms with Crippen LogP contribution >= 0.6 is 0 Å². The van der Waals surface area contributed by atoms with Crippen LogP contribution in [0.3, 0.4) is 0 Å². The van der Waals surface area contributed by atoms with Crippen LogP contribution in [0.15, 0.2) is 60.7 Å². The van der Waals surface area contributed by atoms with Gasteiger partial charge >= 0.3 is 6.09 Å². The summed E-state index contributed by atoms with van der Waals surface area (Å²) in [6.07, 6.45) is -0.282. The lowest BCUT2D eigenvalue weighted by Gasteiger charge is -2.44. The van der Waals surface area contributed by atoms with Gasteiger partial charge in [0.25, 0.3) is 5.91 Å². The first-order valence-corrected chi connectivity index (χ1v) is 14.7. The highest BCUT2D eigenvalue weighted by molar-refractivity contribution is 6.01. The minimum atomic E-state index is -0.958. The summed E-state index contributed by atoms with van der Waals surface area (Å²) >= 11 is 0. The lowest BCUT2D eigenvalue weighted by molar-refractivity contribution is -0.147. The van der Waals surface area contributed by atoms with Crippen molar-refractivity contribution in [2.45, 2.75) is 98.9 Å². The molecule has 226 valence electrons. The molecule has 0 fully saturated rings. The maximum absolute atomic E-state index is 14.6. The number of alkyl carbamates (subject to hydrolysis) is 1. The summed E-state index contributed by atoms with van der Waals surface area (Å²) in [6.45, 7) is 19.0. The van der Waals surface area contributed by atoms with Crippen LogP contribution < -0.4 is 10.6 Å². The van der Waals surface area contributed by atoms with Crippen molar-refractivity contribution in [3.63, 3.8) is 0 Å². The normalized spacial score (nSPS) is 13.4. The van der Waals surface area contributed by atoms with E-state index >= 15 is 0 Å². The number of amides is 3. The summed E-state index contributed by atoms with van der Waals surface area (Å²) in [5.74, 6) is -0.573. The monoisotopic (exact) mass is 573 g/mol. The first-order chi connectivity index (χ1) is 19.5. The number of nitrogens with one attached hydrogen (secondary N) is 2. The van der Waals surface area contributed by atoms with Gasteiger partial charge in [0.2, 0.25) is 5.91 Å². The van der Waals surface area contributed by atoms with Crippen LogP contribution in [0.1, 0.15) is 84.5 Å². The van der Waals surface area contributed by atoms with E-state index in [1.54, 1.807) is 25.7 Å². The average Bonchev–Trinajstić information content (AvgIpc) is 2.85. The molecule has 3 aromatic carbocycles. The topological polar surface area (TPSA) is 87.7 Å². The quantitative estimate of drug-likeness (QED) is 0.289. The molecule has 0 bridgehead atoms. The first kappa shape index (κ1) is 32.6. The zero-order valence-electron chi connectivity index (χ0n) is 26.8. The molecule has 0 saturated carbocycles. The molecule has 42 heavy (non-hydrogen) atoms. The van der Waals surface area contributed by atoms with Crippen LogP contribution in [0, 0.1) is 19.8 Å². The Morgan fingerprint density at radius 1 is 0.833 bits per heavy atom. The third-order valence-electron chi connectivity index (χ3n) is 7.00. The van der Waals surface area contributed by atoms with Crippen molar-refractivity contribution in [3.8, 4) is 0 Å². The molecule has 0 saturated heterocycles. The molecule has 0 aromatic heterocycles. The first-order valence-electron chi connectivity index (χ1n) is 14.7. The Kier molecular flexibility index (Phi) is 10.1. The second-order valence-electron chi connectivity index (χ2n) is 13.5. The predicted molar refractivity (Wildman–Crippen MR) is 170 cm³/mol. The van der Waals surface area contributed by atoms with Gasteiger partial charge in [0.1, 0.15) is 17.7 Å². The molecule has 3 rings (SSSR count). The van der Waals surface area contributed by atoms with Crippen molar-refractivity contribution in [1.82, 2.24) is 10.2 Å². The zero-order valence-corrected chi connectivity index (χ0v) is 26.8. The Morgan fingerprint density at radius 3 is 1.98 bits per heavy atom. The number of carbonyl (C=O) groups excluding carboxylic acids is 3. The molecule has 0 spiro atoms. The Labute approximate surface area is 251 Å². The van der Waals surface area contributed by atoms with E-state index in [0.717, 1.165) is 27.5 Å². The SMILES string of the molecule is Cc1cccc(C)c1C(C(=O)Nc1ccc2ccccc2c1)N(C(=O)C(CC(C)C)NC(=O)OC(C)(C)C)C(C)(C)C. The highest BCUT2D eigenvalue weighted by Gasteiger charge is 2.43. The number of benzene rings is 3. The van der Waals surface area contributed by atoms with E-state index in [0.29, 0.717) is 12.1 Å². The second-order valence-corrected chi connectivity index (χ2v) is 13.5. The number of hydrogen-bond acceptors (Lipinski definition) is 4. The van der Waals surface area contributed by atoms with Gasteiger partial charge in [-0.15, -0.1) is 0 Å². The van der Waals surface area contributed by atoms with E-state index in [1.807, 2.05) is 109 Å². The van der Waals surface area contributed by atoms with Crippen molar-refractivity contribution in [2.24, 2.45) is 5.92 Å². The van der Waals surface area contributed by atoms with Crippen molar-refractivity contribution >= 4 is 34.4 Å². The molecule has 7 heteroatoms. The molecule has 0 radical (unpaired) electrons. The molecule has 2 unspecified atom stereocenters. The number of nitrogens with zero attached hydrogens (tertiary/aromatic N) is 1. The summed E-state index contributed by atoms with van der Waals surface area (Å²) < 4.78 is 5.51. The van der Waals surface area contributed by atoms with Gasteiger partial charge in [-0.2, -0.15) is 0 Å². The van der Waals surface area contributed by atoms with Gasteiger partial charge in [-0.25, -0.2) is 4.79 Å². The van der Waals surface area contributed by atoms with Crippen molar-refractivity contribution in [1.29, 1.82) is 0 Å². The Balaban J connectivity index is 2.12. The minimum absolute atomic E-state index is 0.0979. The van der Waals surface area contributed by atoms with Gasteiger partial charge in [0, 0.05) is 11.2 Å². The average molecular weight is 574 g/mol.